The third kappa shape index (κ3) is 3.46. The van der Waals surface area contributed by atoms with E-state index in [9.17, 15) is 9.59 Å². The maximum atomic E-state index is 12.0. The van der Waals surface area contributed by atoms with Crippen LogP contribution in [0.2, 0.25) is 0 Å². The normalized spacial score (nSPS) is 11.6. The highest BCUT2D eigenvalue weighted by atomic mass is 79.9. The number of benzene rings is 1. The van der Waals surface area contributed by atoms with Crippen molar-refractivity contribution in [3.05, 3.63) is 28.2 Å². The van der Waals surface area contributed by atoms with Crippen molar-refractivity contribution in [2.45, 2.75) is 13.0 Å². The second kappa shape index (κ2) is 6.39. The van der Waals surface area contributed by atoms with Crippen LogP contribution in [0.1, 0.15) is 17.3 Å². The molecular weight excluding hydrogens is 302 g/mol. The number of amides is 1. The van der Waals surface area contributed by atoms with Gasteiger partial charge in [-0.1, -0.05) is 0 Å². The van der Waals surface area contributed by atoms with Crippen LogP contribution in [0.15, 0.2) is 22.7 Å². The predicted molar refractivity (Wildman–Crippen MR) is 69.6 cm³/mol. The molecule has 6 heteroatoms. The molecule has 0 spiro atoms. The van der Waals surface area contributed by atoms with Crippen molar-refractivity contribution < 1.29 is 19.1 Å². The molecule has 1 aromatic carbocycles. The first-order valence-corrected chi connectivity index (χ1v) is 6.01. The van der Waals surface area contributed by atoms with Gasteiger partial charge in [0.05, 0.1) is 19.8 Å². The number of ether oxygens (including phenoxy) is 2. The van der Waals surface area contributed by atoms with Crippen LogP contribution < -0.4 is 10.1 Å². The predicted octanol–water partition coefficient (Wildman–Crippen LogP) is 1.75. The molecule has 0 aromatic heterocycles. The second-order valence-corrected chi connectivity index (χ2v) is 4.42. The van der Waals surface area contributed by atoms with Gasteiger partial charge in [0.1, 0.15) is 11.8 Å². The number of methoxy groups -OCH3 is 2. The summed E-state index contributed by atoms with van der Waals surface area (Å²) in [4.78, 5) is 23.2. The molecule has 0 aliphatic carbocycles. The Morgan fingerprint density at radius 3 is 2.56 bits per heavy atom. The molecule has 98 valence electrons. The number of hydrogen-bond donors (Lipinski definition) is 1. The highest BCUT2D eigenvalue weighted by Gasteiger charge is 2.18. The van der Waals surface area contributed by atoms with Gasteiger partial charge in [0.25, 0.3) is 5.91 Å². The van der Waals surface area contributed by atoms with Gasteiger partial charge in [0.2, 0.25) is 0 Å². The molecule has 0 fully saturated rings. The van der Waals surface area contributed by atoms with Crippen LogP contribution in [-0.4, -0.2) is 32.1 Å². The number of esters is 1. The van der Waals surface area contributed by atoms with Crippen LogP contribution in [0.5, 0.6) is 5.75 Å². The molecule has 0 aliphatic heterocycles. The quantitative estimate of drug-likeness (QED) is 0.860. The Bertz CT molecular complexity index is 461. The fraction of sp³-hybridized carbons (Fsp3) is 0.333. The Morgan fingerprint density at radius 2 is 2.00 bits per heavy atom. The van der Waals surface area contributed by atoms with Gasteiger partial charge >= 0.3 is 5.97 Å². The lowest BCUT2D eigenvalue weighted by molar-refractivity contribution is -0.142. The summed E-state index contributed by atoms with van der Waals surface area (Å²) in [6.07, 6.45) is 0. The summed E-state index contributed by atoms with van der Waals surface area (Å²) < 4.78 is 10.2. The van der Waals surface area contributed by atoms with Crippen molar-refractivity contribution in [1.29, 1.82) is 0 Å². The lowest BCUT2D eigenvalue weighted by Gasteiger charge is -2.13. The second-order valence-electron chi connectivity index (χ2n) is 3.56. The monoisotopic (exact) mass is 315 g/mol. The van der Waals surface area contributed by atoms with Crippen molar-refractivity contribution >= 4 is 27.8 Å². The molecule has 1 amide bonds. The summed E-state index contributed by atoms with van der Waals surface area (Å²) in [6.45, 7) is 1.55. The summed E-state index contributed by atoms with van der Waals surface area (Å²) in [5.41, 5.74) is 0.394. The first-order valence-electron chi connectivity index (χ1n) is 5.21. The summed E-state index contributed by atoms with van der Waals surface area (Å²) in [7, 11) is 2.79. The molecule has 1 atom stereocenters. The van der Waals surface area contributed by atoms with Crippen molar-refractivity contribution in [2.75, 3.05) is 14.2 Å². The zero-order valence-electron chi connectivity index (χ0n) is 10.3. The average molecular weight is 316 g/mol. The van der Waals surface area contributed by atoms with E-state index < -0.39 is 12.0 Å². The van der Waals surface area contributed by atoms with Crippen molar-refractivity contribution in [3.8, 4) is 5.75 Å². The number of nitrogens with one attached hydrogen (secondary N) is 1. The molecule has 0 saturated carbocycles. The number of hydrogen-bond acceptors (Lipinski definition) is 4. The van der Waals surface area contributed by atoms with Gasteiger partial charge in [-0.3, -0.25) is 4.79 Å². The largest absolute Gasteiger partial charge is 0.497 e. The first-order chi connectivity index (χ1) is 8.49. The van der Waals surface area contributed by atoms with Gasteiger partial charge in [-0.15, -0.1) is 0 Å². The molecule has 0 bridgehead atoms. The molecule has 0 radical (unpaired) electrons. The fourth-order valence-electron chi connectivity index (χ4n) is 1.32. The number of halogens is 1. The van der Waals surface area contributed by atoms with Crippen LogP contribution in [0.3, 0.4) is 0 Å². The first kappa shape index (κ1) is 14.5. The van der Waals surface area contributed by atoms with Gasteiger partial charge in [-0.05, 0) is 41.1 Å². The molecule has 1 aromatic rings. The number of rotatable bonds is 4. The summed E-state index contributed by atoms with van der Waals surface area (Å²) in [6, 6.07) is 4.31. The van der Waals surface area contributed by atoms with Crippen molar-refractivity contribution in [1.82, 2.24) is 5.32 Å². The van der Waals surface area contributed by atoms with Gasteiger partial charge in [-0.2, -0.15) is 0 Å². The van der Waals surface area contributed by atoms with Crippen LogP contribution in [0, 0.1) is 0 Å². The molecule has 0 aliphatic rings. The Hall–Kier alpha value is -1.56. The third-order valence-corrected chi connectivity index (χ3v) is 3.01. The third-order valence-electron chi connectivity index (χ3n) is 2.32. The Kier molecular flexibility index (Phi) is 5.15. The lowest BCUT2D eigenvalue weighted by Crippen LogP contribution is -2.39. The maximum Gasteiger partial charge on any atom is 0.328 e. The summed E-state index contributed by atoms with van der Waals surface area (Å²) >= 11 is 3.27. The zero-order chi connectivity index (χ0) is 13.7. The fourth-order valence-corrected chi connectivity index (χ4v) is 1.74. The van der Waals surface area contributed by atoms with Gasteiger partial charge < -0.3 is 14.8 Å². The number of carbonyl (C=O) groups is 2. The summed E-state index contributed by atoms with van der Waals surface area (Å²) in [5.74, 6) is -0.310. The van der Waals surface area contributed by atoms with Crippen LogP contribution in [-0.2, 0) is 9.53 Å². The van der Waals surface area contributed by atoms with E-state index >= 15 is 0 Å². The summed E-state index contributed by atoms with van der Waals surface area (Å²) in [5, 5.41) is 2.54. The standard InChI is InChI=1S/C12H14BrNO4/c1-7(12(16)18-3)14-11(15)9-6-8(17-2)4-5-10(9)13/h4-7H,1-3H3,(H,14,15). The molecular formula is C12H14BrNO4. The molecule has 1 N–H and O–H groups in total. The van der Waals surface area contributed by atoms with Gasteiger partial charge in [0.15, 0.2) is 0 Å². The van der Waals surface area contributed by atoms with E-state index in [1.165, 1.54) is 14.2 Å². The highest BCUT2D eigenvalue weighted by molar-refractivity contribution is 9.10. The minimum atomic E-state index is -0.708. The highest BCUT2D eigenvalue weighted by Crippen LogP contribution is 2.22. The van der Waals surface area contributed by atoms with Crippen molar-refractivity contribution in [3.63, 3.8) is 0 Å². The molecule has 0 heterocycles. The van der Waals surface area contributed by atoms with Crippen LogP contribution in [0.25, 0.3) is 0 Å². The minimum Gasteiger partial charge on any atom is -0.497 e. The SMILES string of the molecule is COC(=O)C(C)NC(=O)c1cc(OC)ccc1Br. The Morgan fingerprint density at radius 1 is 1.33 bits per heavy atom. The van der Waals surface area contributed by atoms with Crippen molar-refractivity contribution in [2.24, 2.45) is 0 Å². The van der Waals surface area contributed by atoms with E-state index in [4.69, 9.17) is 4.74 Å². The lowest BCUT2D eigenvalue weighted by atomic mass is 10.2. The van der Waals surface area contributed by atoms with E-state index in [1.807, 2.05) is 0 Å². The zero-order valence-corrected chi connectivity index (χ0v) is 11.9. The number of carbonyl (C=O) groups excluding carboxylic acids is 2. The van der Waals surface area contributed by atoms with Gasteiger partial charge in [0, 0.05) is 4.47 Å². The molecule has 18 heavy (non-hydrogen) atoms. The molecule has 1 rings (SSSR count). The minimum absolute atomic E-state index is 0.376. The molecule has 5 nitrogen and oxygen atoms in total. The van der Waals surface area contributed by atoms with E-state index in [0.29, 0.717) is 15.8 Å². The maximum absolute atomic E-state index is 12.0. The Balaban J connectivity index is 2.87. The van der Waals surface area contributed by atoms with E-state index in [0.717, 1.165) is 0 Å². The topological polar surface area (TPSA) is 64.6 Å². The van der Waals surface area contributed by atoms with E-state index in [1.54, 1.807) is 25.1 Å². The molecule has 0 saturated heterocycles. The van der Waals surface area contributed by atoms with Gasteiger partial charge in [-0.25, -0.2) is 4.79 Å². The van der Waals surface area contributed by atoms with E-state index in [-0.39, 0.29) is 5.91 Å². The van der Waals surface area contributed by atoms with Crippen LogP contribution in [0.4, 0.5) is 0 Å². The molecule has 1 unspecified atom stereocenters. The average Bonchev–Trinajstić information content (AvgIpc) is 2.38. The van der Waals surface area contributed by atoms with E-state index in [2.05, 4.69) is 26.0 Å². The smallest absolute Gasteiger partial charge is 0.328 e. The Labute approximate surface area is 114 Å². The van der Waals surface area contributed by atoms with Crippen LogP contribution >= 0.6 is 15.9 Å².